The number of aromatic nitrogens is 2. The Morgan fingerprint density at radius 1 is 1.33 bits per heavy atom. The lowest BCUT2D eigenvalue weighted by atomic mass is 10.2. The third-order valence-electron chi connectivity index (χ3n) is 4.39. The molecule has 7 heteroatoms. The fourth-order valence-electron chi connectivity index (χ4n) is 3.08. The lowest BCUT2D eigenvalue weighted by Gasteiger charge is -2.14. The van der Waals surface area contributed by atoms with Crippen molar-refractivity contribution in [1.29, 1.82) is 0 Å². The Labute approximate surface area is 146 Å². The molecule has 1 amide bonds. The topological polar surface area (TPSA) is 61.4 Å². The minimum Gasteiger partial charge on any atom is -0.369 e. The molecule has 2 aromatic rings. The van der Waals surface area contributed by atoms with Crippen molar-refractivity contribution in [1.82, 2.24) is 19.8 Å². The van der Waals surface area contributed by atoms with Crippen LogP contribution in [0.15, 0.2) is 6.33 Å². The molecule has 1 aliphatic heterocycles. The molecule has 3 rings (SSSR count). The van der Waals surface area contributed by atoms with Crippen LogP contribution in [0.2, 0.25) is 0 Å². The van der Waals surface area contributed by atoms with E-state index in [0.29, 0.717) is 0 Å². The minimum atomic E-state index is 0.145. The second kappa shape index (κ2) is 7.44. The number of amides is 1. The number of carbonyl (C=O) groups excluding carboxylic acids is 1. The zero-order valence-electron chi connectivity index (χ0n) is 14.6. The zero-order chi connectivity index (χ0) is 17.1. The van der Waals surface area contributed by atoms with Gasteiger partial charge in [0, 0.05) is 19.6 Å². The average Bonchev–Trinajstić information content (AvgIpc) is 3.19. The molecule has 0 aromatic carbocycles. The first kappa shape index (κ1) is 17.1. The normalized spacial score (nSPS) is 14.8. The molecule has 1 saturated heterocycles. The van der Waals surface area contributed by atoms with Crippen molar-refractivity contribution < 1.29 is 4.79 Å². The summed E-state index contributed by atoms with van der Waals surface area (Å²) in [6, 6.07) is 0. The summed E-state index contributed by atoms with van der Waals surface area (Å²) in [5.74, 6) is 0.986. The van der Waals surface area contributed by atoms with Crippen molar-refractivity contribution in [3.8, 4) is 0 Å². The molecule has 1 N–H and O–H groups in total. The predicted octanol–water partition coefficient (Wildman–Crippen LogP) is 2.60. The van der Waals surface area contributed by atoms with E-state index in [-0.39, 0.29) is 5.91 Å². The Hall–Kier alpha value is -1.73. The van der Waals surface area contributed by atoms with E-state index in [1.807, 2.05) is 11.8 Å². The third kappa shape index (κ3) is 3.52. The van der Waals surface area contributed by atoms with Crippen LogP contribution in [0.4, 0.5) is 5.82 Å². The number of nitrogens with zero attached hydrogens (tertiary/aromatic N) is 4. The van der Waals surface area contributed by atoms with Crippen LogP contribution in [0.3, 0.4) is 0 Å². The first-order valence-electron chi connectivity index (χ1n) is 8.50. The lowest BCUT2D eigenvalue weighted by Crippen LogP contribution is -2.27. The van der Waals surface area contributed by atoms with Gasteiger partial charge in [0.1, 0.15) is 17.0 Å². The summed E-state index contributed by atoms with van der Waals surface area (Å²) in [6.45, 7) is 5.63. The molecular formula is C17H25N5OS. The van der Waals surface area contributed by atoms with Crippen LogP contribution in [0.5, 0.6) is 0 Å². The van der Waals surface area contributed by atoms with Gasteiger partial charge in [0.25, 0.3) is 5.91 Å². The van der Waals surface area contributed by atoms with E-state index >= 15 is 0 Å². The van der Waals surface area contributed by atoms with Gasteiger partial charge in [-0.05, 0) is 52.4 Å². The quantitative estimate of drug-likeness (QED) is 0.814. The maximum Gasteiger partial charge on any atom is 0.264 e. The van der Waals surface area contributed by atoms with Crippen LogP contribution in [0, 0.1) is 6.92 Å². The Balaban J connectivity index is 1.82. The number of thiophene rings is 1. The molecule has 0 radical (unpaired) electrons. The van der Waals surface area contributed by atoms with E-state index in [1.54, 1.807) is 6.33 Å². The number of rotatable bonds is 6. The van der Waals surface area contributed by atoms with Crippen molar-refractivity contribution in [3.05, 3.63) is 16.8 Å². The molecule has 0 aliphatic carbocycles. The number of hydrogen-bond acceptors (Lipinski definition) is 6. The van der Waals surface area contributed by atoms with Crippen molar-refractivity contribution in [3.63, 3.8) is 0 Å². The van der Waals surface area contributed by atoms with Crippen LogP contribution in [-0.4, -0.2) is 65.9 Å². The van der Waals surface area contributed by atoms with Gasteiger partial charge in [-0.25, -0.2) is 9.97 Å². The van der Waals surface area contributed by atoms with Crippen LogP contribution in [0.25, 0.3) is 10.2 Å². The first-order chi connectivity index (χ1) is 11.6. The fraction of sp³-hybridized carbons (Fsp3) is 0.588. The first-order valence-corrected chi connectivity index (χ1v) is 9.31. The molecule has 0 unspecified atom stereocenters. The summed E-state index contributed by atoms with van der Waals surface area (Å²) in [5.41, 5.74) is 1.00. The largest absolute Gasteiger partial charge is 0.369 e. The molecule has 0 saturated carbocycles. The highest BCUT2D eigenvalue weighted by Crippen LogP contribution is 2.34. The number of anilines is 1. The molecule has 1 aliphatic rings. The second-order valence-electron chi connectivity index (χ2n) is 6.54. The van der Waals surface area contributed by atoms with Gasteiger partial charge in [-0.15, -0.1) is 11.3 Å². The van der Waals surface area contributed by atoms with Crippen LogP contribution < -0.4 is 5.32 Å². The Kier molecular flexibility index (Phi) is 5.30. The lowest BCUT2D eigenvalue weighted by molar-refractivity contribution is 0.0797. The number of hydrogen-bond donors (Lipinski definition) is 1. The number of aryl methyl sites for hydroxylation is 1. The van der Waals surface area contributed by atoms with Crippen LogP contribution >= 0.6 is 11.3 Å². The van der Waals surface area contributed by atoms with E-state index in [1.165, 1.54) is 11.3 Å². The maximum atomic E-state index is 12.7. The third-order valence-corrected chi connectivity index (χ3v) is 5.58. The van der Waals surface area contributed by atoms with Gasteiger partial charge >= 0.3 is 0 Å². The Bertz CT molecular complexity index is 721. The summed E-state index contributed by atoms with van der Waals surface area (Å²) in [6.07, 6.45) is 4.83. The highest BCUT2D eigenvalue weighted by atomic mass is 32.1. The van der Waals surface area contributed by atoms with E-state index in [0.717, 1.165) is 71.9 Å². The smallest absolute Gasteiger partial charge is 0.264 e. The van der Waals surface area contributed by atoms with E-state index in [9.17, 15) is 4.79 Å². The molecule has 2 aromatic heterocycles. The van der Waals surface area contributed by atoms with Gasteiger partial charge in [0.15, 0.2) is 0 Å². The Morgan fingerprint density at radius 3 is 2.79 bits per heavy atom. The Morgan fingerprint density at radius 2 is 2.08 bits per heavy atom. The van der Waals surface area contributed by atoms with Crippen LogP contribution in [-0.2, 0) is 0 Å². The molecule has 0 atom stereocenters. The average molecular weight is 347 g/mol. The van der Waals surface area contributed by atoms with Crippen LogP contribution in [0.1, 0.15) is 34.5 Å². The molecule has 3 heterocycles. The minimum absolute atomic E-state index is 0.145. The molecule has 24 heavy (non-hydrogen) atoms. The molecule has 0 spiro atoms. The van der Waals surface area contributed by atoms with Crippen molar-refractivity contribution in [2.45, 2.75) is 26.2 Å². The highest BCUT2D eigenvalue weighted by molar-refractivity contribution is 7.20. The molecule has 1 fully saturated rings. The van der Waals surface area contributed by atoms with E-state index in [4.69, 9.17) is 0 Å². The van der Waals surface area contributed by atoms with Gasteiger partial charge < -0.3 is 15.1 Å². The summed E-state index contributed by atoms with van der Waals surface area (Å²) < 4.78 is 0. The molecular weight excluding hydrogens is 322 g/mol. The van der Waals surface area contributed by atoms with Gasteiger partial charge in [-0.3, -0.25) is 4.79 Å². The number of nitrogens with one attached hydrogen (secondary N) is 1. The summed E-state index contributed by atoms with van der Waals surface area (Å²) in [7, 11) is 4.14. The molecule has 6 nitrogen and oxygen atoms in total. The summed E-state index contributed by atoms with van der Waals surface area (Å²) in [5, 5.41) is 4.40. The van der Waals surface area contributed by atoms with E-state index < -0.39 is 0 Å². The fourth-order valence-corrected chi connectivity index (χ4v) is 4.19. The van der Waals surface area contributed by atoms with Crippen molar-refractivity contribution in [2.75, 3.05) is 45.6 Å². The molecule has 0 bridgehead atoms. The standard InChI is InChI=1S/C17H25N5OS/c1-12-13-15(18-7-6-8-21(2)3)19-11-20-16(13)24-14(12)17(23)22-9-4-5-10-22/h11H,4-10H2,1-3H3,(H,18,19,20). The van der Waals surface area contributed by atoms with Gasteiger partial charge in [-0.2, -0.15) is 0 Å². The van der Waals surface area contributed by atoms with Gasteiger partial charge in [-0.1, -0.05) is 0 Å². The number of fused-ring (bicyclic) bond motifs is 1. The number of likely N-dealkylation sites (tertiary alicyclic amines) is 1. The van der Waals surface area contributed by atoms with Gasteiger partial charge in [0.2, 0.25) is 0 Å². The number of carbonyl (C=O) groups is 1. The van der Waals surface area contributed by atoms with Crippen molar-refractivity contribution in [2.24, 2.45) is 0 Å². The van der Waals surface area contributed by atoms with Gasteiger partial charge in [0.05, 0.1) is 10.3 Å². The summed E-state index contributed by atoms with van der Waals surface area (Å²) >= 11 is 1.49. The zero-order valence-corrected chi connectivity index (χ0v) is 15.4. The second-order valence-corrected chi connectivity index (χ2v) is 7.54. The maximum absolute atomic E-state index is 12.7. The monoisotopic (exact) mass is 347 g/mol. The van der Waals surface area contributed by atoms with E-state index in [2.05, 4.69) is 34.3 Å². The highest BCUT2D eigenvalue weighted by Gasteiger charge is 2.25. The molecule has 130 valence electrons. The SMILES string of the molecule is Cc1c(C(=O)N2CCCC2)sc2ncnc(NCCCN(C)C)c12. The predicted molar refractivity (Wildman–Crippen MR) is 99.0 cm³/mol. The van der Waals surface area contributed by atoms with Crippen molar-refractivity contribution >= 4 is 33.3 Å². The summed E-state index contributed by atoms with van der Waals surface area (Å²) in [4.78, 5) is 27.3.